The Morgan fingerprint density at radius 3 is 2.50 bits per heavy atom. The normalized spacial score (nSPS) is 14.2. The maximum Gasteiger partial charge on any atom is 0.339 e. The van der Waals surface area contributed by atoms with Crippen molar-refractivity contribution in [3.05, 3.63) is 22.7 Å². The molecule has 7 heteroatoms. The van der Waals surface area contributed by atoms with Crippen LogP contribution < -0.4 is 4.74 Å². The zero-order valence-electron chi connectivity index (χ0n) is 8.61. The van der Waals surface area contributed by atoms with Gasteiger partial charge >= 0.3 is 5.97 Å². The smallest absolute Gasteiger partial charge is 0.339 e. The predicted molar refractivity (Wildman–Crippen MR) is 60.0 cm³/mol. The van der Waals surface area contributed by atoms with E-state index in [4.69, 9.17) is 26.2 Å². The molecule has 0 aliphatic rings. The molecule has 1 rings (SSSR count). The summed E-state index contributed by atoms with van der Waals surface area (Å²) in [6, 6.07) is 2.36. The number of carboxylic acid groups (broad SMARTS) is 1. The van der Waals surface area contributed by atoms with Crippen LogP contribution >= 0.6 is 11.6 Å². The Morgan fingerprint density at radius 1 is 1.56 bits per heavy atom. The van der Waals surface area contributed by atoms with E-state index in [-0.39, 0.29) is 21.2 Å². The molecule has 0 bridgehead atoms. The Morgan fingerprint density at radius 2 is 2.12 bits per heavy atom. The van der Waals surface area contributed by atoms with Crippen LogP contribution in [0.4, 0.5) is 0 Å². The summed E-state index contributed by atoms with van der Waals surface area (Å²) in [5.41, 5.74) is -0.163. The second-order valence-corrected chi connectivity index (χ2v) is 5.67. The van der Waals surface area contributed by atoms with Gasteiger partial charge in [0.15, 0.2) is 0 Å². The molecule has 1 aromatic rings. The zero-order chi connectivity index (χ0) is 12.5. The first kappa shape index (κ1) is 12.8. The minimum atomic E-state index is -3.07. The van der Waals surface area contributed by atoms with Crippen LogP contribution in [0.5, 0.6) is 5.75 Å². The van der Waals surface area contributed by atoms with Crippen LogP contribution in [0.1, 0.15) is 10.4 Å². The number of rotatable bonds is 3. The monoisotopic (exact) mass is 263 g/mol. The van der Waals surface area contributed by atoms with Gasteiger partial charge in [-0.05, 0) is 6.07 Å². The summed E-state index contributed by atoms with van der Waals surface area (Å²) < 4.78 is 23.8. The summed E-state index contributed by atoms with van der Waals surface area (Å²) in [5.74, 6) is -1.15. The molecule has 0 saturated carbocycles. The van der Waals surface area contributed by atoms with E-state index < -0.39 is 15.7 Å². The Balaban J connectivity index is 3.58. The molecule has 2 N–H and O–H groups in total. The first-order valence-corrected chi connectivity index (χ1v) is 6.46. The van der Waals surface area contributed by atoms with E-state index in [2.05, 4.69) is 0 Å². The van der Waals surface area contributed by atoms with Crippen molar-refractivity contribution in [2.75, 3.05) is 13.4 Å². The molecule has 0 radical (unpaired) electrons. The van der Waals surface area contributed by atoms with Gasteiger partial charge in [0, 0.05) is 12.3 Å². The zero-order valence-corrected chi connectivity index (χ0v) is 10.2. The van der Waals surface area contributed by atoms with Crippen LogP contribution in [0.25, 0.3) is 0 Å². The summed E-state index contributed by atoms with van der Waals surface area (Å²) >= 11 is 5.80. The number of hydrogen-bond acceptors (Lipinski definition) is 4. The van der Waals surface area contributed by atoms with Crippen molar-refractivity contribution in [1.82, 2.24) is 0 Å². The number of methoxy groups -OCH3 is 1. The van der Waals surface area contributed by atoms with Crippen LogP contribution in [0, 0.1) is 4.78 Å². The van der Waals surface area contributed by atoms with Gasteiger partial charge in [-0.2, -0.15) is 0 Å². The lowest BCUT2D eigenvalue weighted by Crippen LogP contribution is -2.04. The number of carbonyl (C=O) groups is 1. The molecule has 0 spiro atoms. The molecule has 0 heterocycles. The third-order valence-electron chi connectivity index (χ3n) is 1.90. The highest BCUT2D eigenvalue weighted by Crippen LogP contribution is 2.30. The number of ether oxygens (including phenoxy) is 1. The van der Waals surface area contributed by atoms with Crippen molar-refractivity contribution in [2.45, 2.75) is 4.90 Å². The summed E-state index contributed by atoms with van der Waals surface area (Å²) in [4.78, 5) is 10.9. The van der Waals surface area contributed by atoms with E-state index in [0.717, 1.165) is 6.07 Å². The number of aromatic carboxylic acids is 1. The van der Waals surface area contributed by atoms with Crippen molar-refractivity contribution in [3.8, 4) is 5.75 Å². The SMILES string of the molecule is COc1cc(Cl)c(S(C)(=N)=O)cc1C(=O)O. The highest BCUT2D eigenvalue weighted by molar-refractivity contribution is 7.91. The number of nitrogens with one attached hydrogen (secondary N) is 1. The van der Waals surface area contributed by atoms with Gasteiger partial charge in [-0.3, -0.25) is 0 Å². The van der Waals surface area contributed by atoms with Crippen LogP contribution in [0.2, 0.25) is 5.02 Å². The first-order chi connectivity index (χ1) is 7.27. The molecule has 16 heavy (non-hydrogen) atoms. The molecular formula is C9H10ClNO4S. The van der Waals surface area contributed by atoms with Crippen molar-refractivity contribution in [3.63, 3.8) is 0 Å². The summed E-state index contributed by atoms with van der Waals surface area (Å²) in [6.45, 7) is 0. The third kappa shape index (κ3) is 2.45. The Kier molecular flexibility index (Phi) is 3.44. The van der Waals surface area contributed by atoms with Crippen LogP contribution in [-0.2, 0) is 9.73 Å². The Bertz CT molecular complexity index is 539. The number of carboxylic acids is 1. The molecule has 0 aromatic heterocycles. The van der Waals surface area contributed by atoms with Crippen LogP contribution in [0.15, 0.2) is 17.0 Å². The number of benzene rings is 1. The molecule has 1 aromatic carbocycles. The van der Waals surface area contributed by atoms with Crippen LogP contribution in [-0.4, -0.2) is 28.7 Å². The molecular weight excluding hydrogens is 254 g/mol. The van der Waals surface area contributed by atoms with Crippen molar-refractivity contribution in [1.29, 1.82) is 4.78 Å². The fourth-order valence-corrected chi connectivity index (χ4v) is 2.54. The molecule has 0 aliphatic heterocycles. The molecule has 0 amide bonds. The topological polar surface area (TPSA) is 87.5 Å². The minimum absolute atomic E-state index is 0.00707. The van der Waals surface area contributed by atoms with Crippen molar-refractivity contribution >= 4 is 27.3 Å². The van der Waals surface area contributed by atoms with E-state index in [1.807, 2.05) is 0 Å². The molecule has 0 saturated heterocycles. The number of halogens is 1. The van der Waals surface area contributed by atoms with Crippen LogP contribution in [0.3, 0.4) is 0 Å². The molecule has 1 atom stereocenters. The molecule has 88 valence electrons. The summed E-state index contributed by atoms with van der Waals surface area (Å²) in [7, 11) is -1.76. The summed E-state index contributed by atoms with van der Waals surface area (Å²) in [6.07, 6.45) is 1.17. The van der Waals surface area contributed by atoms with E-state index in [9.17, 15) is 9.00 Å². The Hall–Kier alpha value is -1.27. The molecule has 1 unspecified atom stereocenters. The van der Waals surface area contributed by atoms with E-state index in [1.165, 1.54) is 19.4 Å². The molecule has 0 aliphatic carbocycles. The van der Waals surface area contributed by atoms with Gasteiger partial charge in [0.1, 0.15) is 11.3 Å². The average Bonchev–Trinajstić information content (AvgIpc) is 2.14. The molecule has 5 nitrogen and oxygen atoms in total. The van der Waals surface area contributed by atoms with Gasteiger partial charge in [0.05, 0.1) is 26.8 Å². The lowest BCUT2D eigenvalue weighted by Gasteiger charge is -2.09. The molecule has 0 fully saturated rings. The van der Waals surface area contributed by atoms with Gasteiger partial charge < -0.3 is 9.84 Å². The van der Waals surface area contributed by atoms with Gasteiger partial charge in [0.2, 0.25) is 0 Å². The first-order valence-electron chi connectivity index (χ1n) is 4.12. The Labute approximate surface area is 98.0 Å². The predicted octanol–water partition coefficient (Wildman–Crippen LogP) is 2.08. The van der Waals surface area contributed by atoms with Gasteiger partial charge in [-0.25, -0.2) is 13.8 Å². The largest absolute Gasteiger partial charge is 0.496 e. The highest BCUT2D eigenvalue weighted by atomic mass is 35.5. The van der Waals surface area contributed by atoms with E-state index in [0.29, 0.717) is 0 Å². The lowest BCUT2D eigenvalue weighted by molar-refractivity contribution is 0.0693. The fourth-order valence-electron chi connectivity index (χ4n) is 1.17. The second kappa shape index (κ2) is 4.31. The maximum absolute atomic E-state index is 11.5. The van der Waals surface area contributed by atoms with E-state index in [1.54, 1.807) is 0 Å². The standard InChI is InChI=1S/C9H10ClNO4S/c1-15-7-4-6(10)8(16(2,11)14)3-5(7)9(12)13/h3-4,11H,1-2H3,(H,12,13). The average molecular weight is 264 g/mol. The van der Waals surface area contributed by atoms with Gasteiger partial charge in [0.25, 0.3) is 0 Å². The maximum atomic E-state index is 11.5. The van der Waals surface area contributed by atoms with Crippen molar-refractivity contribution in [2.24, 2.45) is 0 Å². The van der Waals surface area contributed by atoms with E-state index >= 15 is 0 Å². The number of hydrogen-bond donors (Lipinski definition) is 2. The fraction of sp³-hybridized carbons (Fsp3) is 0.222. The van der Waals surface area contributed by atoms with Crippen molar-refractivity contribution < 1.29 is 18.8 Å². The quantitative estimate of drug-likeness (QED) is 0.874. The second-order valence-electron chi connectivity index (χ2n) is 3.13. The highest BCUT2D eigenvalue weighted by Gasteiger charge is 2.18. The van der Waals surface area contributed by atoms with Gasteiger partial charge in [-0.15, -0.1) is 0 Å². The van der Waals surface area contributed by atoms with Gasteiger partial charge in [-0.1, -0.05) is 11.6 Å². The lowest BCUT2D eigenvalue weighted by atomic mass is 10.2. The third-order valence-corrected chi connectivity index (χ3v) is 3.51. The summed E-state index contributed by atoms with van der Waals surface area (Å²) in [5, 5.41) is 8.96. The minimum Gasteiger partial charge on any atom is -0.496 e.